The van der Waals surface area contributed by atoms with Gasteiger partial charge in [-0.25, -0.2) is 10.1 Å². The van der Waals surface area contributed by atoms with Crippen LogP contribution in [0.25, 0.3) is 0 Å². The Balaban J connectivity index is 2.96. The van der Waals surface area contributed by atoms with E-state index in [1.54, 1.807) is 0 Å². The van der Waals surface area contributed by atoms with E-state index in [1.165, 1.54) is 64.2 Å². The molecule has 0 heterocycles. The predicted octanol–water partition coefficient (Wildman–Crippen LogP) is 5.29. The van der Waals surface area contributed by atoms with Gasteiger partial charge in [-0.2, -0.15) is 0 Å². The number of hydrogen-bond donors (Lipinski definition) is 1. The summed E-state index contributed by atoms with van der Waals surface area (Å²) < 4.78 is 0. The Morgan fingerprint density at radius 1 is 0.538 bits per heavy atom. The molecule has 0 unspecified atom stereocenters. The number of unbranched alkanes of at least 4 members (excludes halogenated alkanes) is 13. The van der Waals surface area contributed by atoms with Crippen LogP contribution in [0, 0.1) is 4.91 Å². The van der Waals surface area contributed by atoms with E-state index in [2.05, 4.69) is 40.3 Å². The van der Waals surface area contributed by atoms with Crippen molar-refractivity contribution in [2.24, 2.45) is 5.34 Å². The van der Waals surface area contributed by atoms with Crippen LogP contribution in [0.15, 0.2) is 5.34 Å². The van der Waals surface area contributed by atoms with Gasteiger partial charge < -0.3 is 4.84 Å². The van der Waals surface area contributed by atoms with Crippen molar-refractivity contribution in [3.8, 4) is 0 Å². The third-order valence-corrected chi connectivity index (χ3v) is 3.93. The lowest BCUT2D eigenvalue weighted by Gasteiger charge is -2.03. The standard InChI is InChI=1S/C16H33NO9/c18-17-20-15-13-11-9-7-5-3-1-2-4-6-8-10-12-14-16-21-23-25-26-24-22-19/h19H,1-16H2. The summed E-state index contributed by atoms with van der Waals surface area (Å²) in [6, 6.07) is 0. The van der Waals surface area contributed by atoms with Gasteiger partial charge in [-0.3, -0.25) is 0 Å². The smallest absolute Gasteiger partial charge is 0.155 e. The molecule has 0 aromatic carbocycles. The van der Waals surface area contributed by atoms with Crippen LogP contribution in [-0.2, 0) is 34.9 Å². The highest BCUT2D eigenvalue weighted by molar-refractivity contribution is 4.49. The number of rotatable bonds is 23. The molecule has 10 nitrogen and oxygen atoms in total. The molecule has 0 amide bonds. The highest BCUT2D eigenvalue weighted by atomic mass is 17.9. The molecule has 0 spiro atoms. The first-order valence-corrected chi connectivity index (χ1v) is 9.46. The van der Waals surface area contributed by atoms with Crippen LogP contribution >= 0.6 is 0 Å². The summed E-state index contributed by atoms with van der Waals surface area (Å²) in [5.41, 5.74) is 0. The number of hydrogen-bond acceptors (Lipinski definition) is 10. The van der Waals surface area contributed by atoms with E-state index < -0.39 is 0 Å². The van der Waals surface area contributed by atoms with Crippen LogP contribution in [0.2, 0.25) is 0 Å². The minimum atomic E-state index is 0.379. The molecule has 0 aliphatic rings. The lowest BCUT2D eigenvalue weighted by atomic mass is 10.0. The van der Waals surface area contributed by atoms with E-state index >= 15 is 0 Å². The summed E-state index contributed by atoms with van der Waals surface area (Å²) in [7, 11) is 0. The molecule has 0 aromatic rings. The summed E-state index contributed by atoms with van der Waals surface area (Å²) >= 11 is 0. The average Bonchev–Trinajstić information content (AvgIpc) is 2.66. The van der Waals surface area contributed by atoms with Gasteiger partial charge in [0.05, 0.1) is 6.61 Å². The van der Waals surface area contributed by atoms with Gasteiger partial charge in [-0.1, -0.05) is 70.6 Å². The SMILES string of the molecule is O=NOCCCCCCCCCCCCCCCCOOOOOOO. The van der Waals surface area contributed by atoms with Crippen molar-refractivity contribution >= 4 is 0 Å². The van der Waals surface area contributed by atoms with Crippen molar-refractivity contribution in [2.75, 3.05) is 13.2 Å². The first kappa shape index (κ1) is 25.1. The van der Waals surface area contributed by atoms with E-state index in [1.807, 2.05) is 0 Å². The van der Waals surface area contributed by atoms with Gasteiger partial charge in [0.25, 0.3) is 0 Å². The van der Waals surface area contributed by atoms with E-state index in [9.17, 15) is 4.91 Å². The Morgan fingerprint density at radius 2 is 0.962 bits per heavy atom. The average molecular weight is 383 g/mol. The zero-order valence-electron chi connectivity index (χ0n) is 15.5. The lowest BCUT2D eigenvalue weighted by molar-refractivity contribution is -0.787. The van der Waals surface area contributed by atoms with E-state index in [-0.39, 0.29) is 0 Å². The highest BCUT2D eigenvalue weighted by Crippen LogP contribution is 2.13. The van der Waals surface area contributed by atoms with Crippen LogP contribution in [0.3, 0.4) is 0 Å². The quantitative estimate of drug-likeness (QED) is 0.109. The summed E-state index contributed by atoms with van der Waals surface area (Å²) in [6.07, 6.45) is 16.6. The van der Waals surface area contributed by atoms with Crippen molar-refractivity contribution in [3.63, 3.8) is 0 Å². The fourth-order valence-corrected chi connectivity index (χ4v) is 2.57. The van der Waals surface area contributed by atoms with Crippen LogP contribution in [0.1, 0.15) is 89.9 Å². The summed E-state index contributed by atoms with van der Waals surface area (Å²) in [5, 5.41) is 28.3. The zero-order chi connectivity index (χ0) is 19.0. The molecule has 0 bridgehead atoms. The first-order chi connectivity index (χ1) is 12.9. The maximum atomic E-state index is 9.71. The molecule has 156 valence electrons. The summed E-state index contributed by atoms with van der Waals surface area (Å²) in [6.45, 7) is 0.828. The summed E-state index contributed by atoms with van der Waals surface area (Å²) in [4.78, 5) is 18.7. The van der Waals surface area contributed by atoms with E-state index in [0.29, 0.717) is 13.2 Å². The lowest BCUT2D eigenvalue weighted by Crippen LogP contribution is -2.00. The molecular formula is C16H33NO9. The Kier molecular flexibility index (Phi) is 23.3. The third-order valence-electron chi connectivity index (χ3n) is 3.93. The molecule has 0 saturated carbocycles. The van der Waals surface area contributed by atoms with Crippen molar-refractivity contribution in [3.05, 3.63) is 4.91 Å². The molecule has 10 heteroatoms. The van der Waals surface area contributed by atoms with Gasteiger partial charge in [-0.15, -0.1) is 4.91 Å². The Labute approximate surface area is 154 Å². The molecule has 1 N–H and O–H groups in total. The minimum Gasteiger partial charge on any atom is -0.364 e. The van der Waals surface area contributed by atoms with Crippen molar-refractivity contribution in [1.29, 1.82) is 0 Å². The fourth-order valence-electron chi connectivity index (χ4n) is 2.57. The largest absolute Gasteiger partial charge is 0.364 e. The van der Waals surface area contributed by atoms with E-state index in [0.717, 1.165) is 25.7 Å². The molecule has 0 atom stereocenters. The molecular weight excluding hydrogens is 350 g/mol. The molecule has 0 saturated heterocycles. The first-order valence-electron chi connectivity index (χ1n) is 9.46. The Hall–Kier alpha value is -0.880. The van der Waals surface area contributed by atoms with Crippen molar-refractivity contribution < 1.29 is 40.2 Å². The zero-order valence-corrected chi connectivity index (χ0v) is 15.5. The van der Waals surface area contributed by atoms with Gasteiger partial charge in [0.1, 0.15) is 6.61 Å². The number of nitrogens with zero attached hydrogens (tertiary/aromatic N) is 1. The molecule has 0 aliphatic heterocycles. The Bertz CT molecular complexity index is 272. The second-order valence-electron chi connectivity index (χ2n) is 6.03. The molecule has 0 aliphatic carbocycles. The normalized spacial score (nSPS) is 11.0. The van der Waals surface area contributed by atoms with Crippen LogP contribution in [-0.4, -0.2) is 18.5 Å². The fraction of sp³-hybridized carbons (Fsp3) is 1.00. The van der Waals surface area contributed by atoms with Gasteiger partial charge in [0.2, 0.25) is 0 Å². The second kappa shape index (κ2) is 24.1. The van der Waals surface area contributed by atoms with Crippen molar-refractivity contribution in [1.82, 2.24) is 0 Å². The molecule has 0 rings (SSSR count). The Morgan fingerprint density at radius 3 is 1.42 bits per heavy atom. The molecule has 0 aromatic heterocycles. The predicted molar refractivity (Wildman–Crippen MR) is 90.4 cm³/mol. The molecule has 0 radical (unpaired) electrons. The van der Waals surface area contributed by atoms with Crippen LogP contribution in [0.5, 0.6) is 0 Å². The topological polar surface area (TPSA) is 114 Å². The van der Waals surface area contributed by atoms with Gasteiger partial charge in [-0.05, 0) is 44.5 Å². The minimum absolute atomic E-state index is 0.379. The van der Waals surface area contributed by atoms with Crippen molar-refractivity contribution in [2.45, 2.75) is 89.9 Å². The van der Waals surface area contributed by atoms with Gasteiger partial charge in [0.15, 0.2) is 5.34 Å². The highest BCUT2D eigenvalue weighted by Gasteiger charge is 1.96. The molecule has 26 heavy (non-hydrogen) atoms. The second-order valence-corrected chi connectivity index (χ2v) is 6.03. The van der Waals surface area contributed by atoms with Gasteiger partial charge in [0, 0.05) is 0 Å². The van der Waals surface area contributed by atoms with Crippen LogP contribution in [0.4, 0.5) is 0 Å². The van der Waals surface area contributed by atoms with E-state index in [4.69, 9.17) is 5.26 Å². The molecule has 0 fully saturated rings. The van der Waals surface area contributed by atoms with Gasteiger partial charge >= 0.3 is 0 Å². The third kappa shape index (κ3) is 23.1. The maximum Gasteiger partial charge on any atom is 0.155 e. The maximum absolute atomic E-state index is 9.71. The van der Waals surface area contributed by atoms with Crippen LogP contribution < -0.4 is 0 Å². The monoisotopic (exact) mass is 383 g/mol. The summed E-state index contributed by atoms with van der Waals surface area (Å²) in [5.74, 6) is 0.